The van der Waals surface area contributed by atoms with Crippen LogP contribution in [0.25, 0.3) is 0 Å². The Balaban J connectivity index is 1.34. The lowest BCUT2D eigenvalue weighted by Crippen LogP contribution is -2.46. The van der Waals surface area contributed by atoms with Crippen LogP contribution in [0, 0.1) is 0 Å². The van der Waals surface area contributed by atoms with E-state index in [0.717, 1.165) is 19.0 Å². The molecule has 0 aromatic rings. The molecule has 110 valence electrons. The van der Waals surface area contributed by atoms with Crippen molar-refractivity contribution < 1.29 is 8.42 Å². The van der Waals surface area contributed by atoms with Gasteiger partial charge in [-0.25, -0.2) is 8.42 Å². The summed E-state index contributed by atoms with van der Waals surface area (Å²) in [5, 5.41) is 6.90. The minimum atomic E-state index is -2.79. The molecule has 2 N–H and O–H groups in total. The second-order valence-electron chi connectivity index (χ2n) is 6.22. The molecular weight excluding hydrogens is 262 g/mol. The Morgan fingerprint density at radius 1 is 1.26 bits per heavy atom. The molecule has 2 atom stereocenters. The number of nitrogens with one attached hydrogen (secondary N) is 2. The van der Waals surface area contributed by atoms with Crippen LogP contribution in [-0.4, -0.2) is 69.1 Å². The van der Waals surface area contributed by atoms with Gasteiger partial charge in [-0.2, -0.15) is 0 Å². The fourth-order valence-electron chi connectivity index (χ4n) is 3.24. The lowest BCUT2D eigenvalue weighted by atomic mass is 10.2. The Bertz CT molecular complexity index is 408. The van der Waals surface area contributed by atoms with E-state index in [2.05, 4.69) is 15.5 Å². The Hall–Kier alpha value is -0.170. The predicted molar refractivity (Wildman–Crippen MR) is 76.1 cm³/mol. The van der Waals surface area contributed by atoms with Crippen LogP contribution in [0.1, 0.15) is 25.7 Å². The first-order chi connectivity index (χ1) is 9.12. The highest BCUT2D eigenvalue weighted by Gasteiger charge is 2.34. The maximum atomic E-state index is 11.5. The standard InChI is InChI=1S/C13H25N3O2S/c17-19(18)8-6-15-12(10-19)3-5-14-11-4-7-16(9-11)13-1-2-13/h11-15H,1-10H2. The summed E-state index contributed by atoms with van der Waals surface area (Å²) >= 11 is 0. The van der Waals surface area contributed by atoms with Crippen molar-refractivity contribution >= 4 is 9.84 Å². The first-order valence-electron chi connectivity index (χ1n) is 7.54. The normalized spacial score (nSPS) is 35.6. The van der Waals surface area contributed by atoms with Crippen molar-refractivity contribution in [1.29, 1.82) is 0 Å². The van der Waals surface area contributed by atoms with Gasteiger partial charge in [-0.1, -0.05) is 0 Å². The summed E-state index contributed by atoms with van der Waals surface area (Å²) in [4.78, 5) is 2.60. The number of rotatable bonds is 5. The number of hydrogen-bond acceptors (Lipinski definition) is 5. The summed E-state index contributed by atoms with van der Waals surface area (Å²) in [5.74, 6) is 0.615. The van der Waals surface area contributed by atoms with E-state index in [4.69, 9.17) is 0 Å². The summed E-state index contributed by atoms with van der Waals surface area (Å²) in [5.41, 5.74) is 0. The SMILES string of the molecule is O=S1(=O)CCNC(CCNC2CCN(C3CC3)C2)C1. The van der Waals surface area contributed by atoms with Crippen LogP contribution in [0.2, 0.25) is 0 Å². The number of hydrogen-bond donors (Lipinski definition) is 2. The third kappa shape index (κ3) is 3.90. The molecule has 2 heterocycles. The molecule has 0 amide bonds. The summed E-state index contributed by atoms with van der Waals surface area (Å²) in [6.07, 6.45) is 4.93. The van der Waals surface area contributed by atoms with Gasteiger partial charge in [0, 0.05) is 37.8 Å². The van der Waals surface area contributed by atoms with Crippen LogP contribution < -0.4 is 10.6 Å². The van der Waals surface area contributed by atoms with Crippen molar-refractivity contribution in [1.82, 2.24) is 15.5 Å². The second kappa shape index (κ2) is 5.68. The molecule has 3 fully saturated rings. The maximum Gasteiger partial charge on any atom is 0.153 e. The first-order valence-corrected chi connectivity index (χ1v) is 9.36. The molecule has 0 radical (unpaired) electrons. The molecule has 0 aromatic heterocycles. The van der Waals surface area contributed by atoms with Gasteiger partial charge < -0.3 is 10.6 Å². The molecule has 0 bridgehead atoms. The van der Waals surface area contributed by atoms with Gasteiger partial charge in [-0.05, 0) is 32.2 Å². The van der Waals surface area contributed by atoms with E-state index in [0.29, 0.717) is 24.1 Å². The van der Waals surface area contributed by atoms with E-state index in [9.17, 15) is 8.42 Å². The Morgan fingerprint density at radius 2 is 2.11 bits per heavy atom. The molecular formula is C13H25N3O2S. The minimum absolute atomic E-state index is 0.146. The number of nitrogens with zero attached hydrogens (tertiary/aromatic N) is 1. The second-order valence-corrected chi connectivity index (χ2v) is 8.45. The van der Waals surface area contributed by atoms with Gasteiger partial charge in [0.15, 0.2) is 9.84 Å². The molecule has 2 unspecified atom stereocenters. The monoisotopic (exact) mass is 287 g/mol. The van der Waals surface area contributed by atoms with Gasteiger partial charge in [0.25, 0.3) is 0 Å². The van der Waals surface area contributed by atoms with Crippen molar-refractivity contribution in [3.63, 3.8) is 0 Å². The first kappa shape index (κ1) is 13.8. The van der Waals surface area contributed by atoms with Gasteiger partial charge in [0.1, 0.15) is 0 Å². The predicted octanol–water partition coefficient (Wildman–Crippen LogP) is -0.411. The molecule has 3 rings (SSSR count). The summed E-state index contributed by atoms with van der Waals surface area (Å²) in [6, 6.07) is 1.63. The molecule has 2 aliphatic heterocycles. The van der Waals surface area contributed by atoms with Crippen molar-refractivity contribution in [2.24, 2.45) is 0 Å². The molecule has 0 spiro atoms. The van der Waals surface area contributed by atoms with Crippen LogP contribution in [0.15, 0.2) is 0 Å². The average Bonchev–Trinajstić information content (AvgIpc) is 3.09. The Morgan fingerprint density at radius 3 is 2.84 bits per heavy atom. The van der Waals surface area contributed by atoms with E-state index in [-0.39, 0.29) is 6.04 Å². The summed E-state index contributed by atoms with van der Waals surface area (Å²) in [6.45, 7) is 3.96. The average molecular weight is 287 g/mol. The minimum Gasteiger partial charge on any atom is -0.313 e. The van der Waals surface area contributed by atoms with Crippen LogP contribution in [-0.2, 0) is 9.84 Å². The zero-order valence-electron chi connectivity index (χ0n) is 11.5. The van der Waals surface area contributed by atoms with E-state index in [1.165, 1.54) is 32.4 Å². The van der Waals surface area contributed by atoms with Crippen molar-refractivity contribution in [2.75, 3.05) is 37.7 Å². The van der Waals surface area contributed by atoms with E-state index >= 15 is 0 Å². The molecule has 2 saturated heterocycles. The zero-order valence-corrected chi connectivity index (χ0v) is 12.3. The summed E-state index contributed by atoms with van der Waals surface area (Å²) < 4.78 is 23.1. The van der Waals surface area contributed by atoms with Crippen LogP contribution in [0.5, 0.6) is 0 Å². The fourth-order valence-corrected chi connectivity index (χ4v) is 4.73. The number of sulfone groups is 1. The number of likely N-dealkylation sites (tertiary alicyclic amines) is 1. The lowest BCUT2D eigenvalue weighted by molar-refractivity contribution is 0.316. The highest BCUT2D eigenvalue weighted by atomic mass is 32.2. The maximum absolute atomic E-state index is 11.5. The molecule has 1 aliphatic carbocycles. The topological polar surface area (TPSA) is 61.4 Å². The summed E-state index contributed by atoms with van der Waals surface area (Å²) in [7, 11) is -2.79. The van der Waals surface area contributed by atoms with Gasteiger partial charge >= 0.3 is 0 Å². The van der Waals surface area contributed by atoms with Gasteiger partial charge in [0.2, 0.25) is 0 Å². The van der Waals surface area contributed by atoms with Crippen LogP contribution >= 0.6 is 0 Å². The zero-order chi connectivity index (χ0) is 13.3. The molecule has 6 heteroatoms. The third-order valence-corrected chi connectivity index (χ3v) is 6.25. The van der Waals surface area contributed by atoms with Gasteiger partial charge in [-0.15, -0.1) is 0 Å². The van der Waals surface area contributed by atoms with Gasteiger partial charge in [-0.3, -0.25) is 4.90 Å². The highest BCUT2D eigenvalue weighted by Crippen LogP contribution is 2.29. The third-order valence-electron chi connectivity index (χ3n) is 4.51. The van der Waals surface area contributed by atoms with Crippen molar-refractivity contribution in [2.45, 2.75) is 43.8 Å². The molecule has 19 heavy (non-hydrogen) atoms. The largest absolute Gasteiger partial charge is 0.313 e. The van der Waals surface area contributed by atoms with Crippen LogP contribution in [0.3, 0.4) is 0 Å². The Kier molecular flexibility index (Phi) is 4.12. The molecule has 5 nitrogen and oxygen atoms in total. The van der Waals surface area contributed by atoms with Crippen molar-refractivity contribution in [3.8, 4) is 0 Å². The lowest BCUT2D eigenvalue weighted by Gasteiger charge is -2.24. The van der Waals surface area contributed by atoms with E-state index in [1.807, 2.05) is 0 Å². The smallest absolute Gasteiger partial charge is 0.153 e. The van der Waals surface area contributed by atoms with Crippen LogP contribution in [0.4, 0.5) is 0 Å². The Labute approximate surface area is 116 Å². The van der Waals surface area contributed by atoms with Crippen molar-refractivity contribution in [3.05, 3.63) is 0 Å². The molecule has 3 aliphatic rings. The van der Waals surface area contributed by atoms with E-state index < -0.39 is 9.84 Å². The molecule has 0 aromatic carbocycles. The fraction of sp³-hybridized carbons (Fsp3) is 1.00. The molecule has 1 saturated carbocycles. The van der Waals surface area contributed by atoms with Gasteiger partial charge in [0.05, 0.1) is 11.5 Å². The van der Waals surface area contributed by atoms with E-state index in [1.54, 1.807) is 0 Å². The quantitative estimate of drug-likeness (QED) is 0.720. The highest BCUT2D eigenvalue weighted by molar-refractivity contribution is 7.91.